The van der Waals surface area contributed by atoms with Crippen LogP contribution in [0.25, 0.3) is 0 Å². The number of aromatic nitrogens is 2. The number of hydrogen-bond acceptors (Lipinski definition) is 5. The first kappa shape index (κ1) is 12.0. The van der Waals surface area contributed by atoms with E-state index in [0.717, 1.165) is 11.8 Å². The van der Waals surface area contributed by atoms with Gasteiger partial charge in [0, 0.05) is 13.0 Å². The number of thioether (sulfide) groups is 1. The first-order valence-corrected chi connectivity index (χ1v) is 7.41. The molecular weight excluding hydrogens is 250 g/mol. The average molecular weight is 267 g/mol. The molecule has 3 atom stereocenters. The Bertz CT molecular complexity index is 448. The monoisotopic (exact) mass is 267 g/mol. The molecule has 0 unspecified atom stereocenters. The van der Waals surface area contributed by atoms with E-state index in [9.17, 15) is 4.79 Å². The Morgan fingerprint density at radius 2 is 2.33 bits per heavy atom. The lowest BCUT2D eigenvalue weighted by molar-refractivity contribution is -0.119. The molecule has 2 bridgehead atoms. The second-order valence-corrected chi connectivity index (χ2v) is 6.15. The van der Waals surface area contributed by atoms with E-state index in [0.29, 0.717) is 22.9 Å². The van der Waals surface area contributed by atoms with Crippen LogP contribution < -0.4 is 5.32 Å². The molecule has 2 aliphatic carbocycles. The van der Waals surface area contributed by atoms with Gasteiger partial charge in [0.1, 0.15) is 0 Å². The number of rotatable bonds is 4. The summed E-state index contributed by atoms with van der Waals surface area (Å²) >= 11 is 1.30. The number of fused-ring (bicyclic) bond motifs is 2. The van der Waals surface area contributed by atoms with Crippen LogP contribution in [0.3, 0.4) is 0 Å². The van der Waals surface area contributed by atoms with Crippen LogP contribution in [0, 0.1) is 18.8 Å². The number of carbonyl (C=O) groups is 1. The van der Waals surface area contributed by atoms with Crippen LogP contribution in [0.1, 0.15) is 31.6 Å². The van der Waals surface area contributed by atoms with E-state index in [1.165, 1.54) is 37.4 Å². The molecule has 6 heteroatoms. The van der Waals surface area contributed by atoms with Gasteiger partial charge in [0.05, 0.1) is 5.75 Å². The minimum atomic E-state index is 0.0772. The Morgan fingerprint density at radius 3 is 2.94 bits per heavy atom. The summed E-state index contributed by atoms with van der Waals surface area (Å²) in [5.41, 5.74) is 0. The largest absolute Gasteiger partial charge is 0.416 e. The predicted octanol–water partition coefficient (Wildman–Crippen LogP) is 1.77. The van der Waals surface area contributed by atoms with Crippen molar-refractivity contribution in [1.82, 2.24) is 15.5 Å². The van der Waals surface area contributed by atoms with Gasteiger partial charge in [-0.3, -0.25) is 4.79 Å². The third kappa shape index (κ3) is 2.53. The van der Waals surface area contributed by atoms with Crippen LogP contribution in [-0.2, 0) is 4.79 Å². The maximum absolute atomic E-state index is 11.8. The van der Waals surface area contributed by atoms with Crippen molar-refractivity contribution >= 4 is 17.7 Å². The van der Waals surface area contributed by atoms with Crippen molar-refractivity contribution < 1.29 is 9.21 Å². The predicted molar refractivity (Wildman–Crippen MR) is 67.1 cm³/mol. The topological polar surface area (TPSA) is 68.0 Å². The number of hydrogen-bond donors (Lipinski definition) is 1. The highest BCUT2D eigenvalue weighted by molar-refractivity contribution is 7.99. The molecule has 0 radical (unpaired) electrons. The Balaban J connectivity index is 1.45. The maximum Gasteiger partial charge on any atom is 0.277 e. The summed E-state index contributed by atoms with van der Waals surface area (Å²) in [6.45, 7) is 1.74. The molecule has 2 aliphatic rings. The number of aryl methyl sites for hydroxylation is 1. The van der Waals surface area contributed by atoms with E-state index >= 15 is 0 Å². The Morgan fingerprint density at radius 1 is 1.44 bits per heavy atom. The molecule has 0 aromatic carbocycles. The summed E-state index contributed by atoms with van der Waals surface area (Å²) < 4.78 is 5.21. The second kappa shape index (κ2) is 4.91. The minimum Gasteiger partial charge on any atom is -0.416 e. The quantitative estimate of drug-likeness (QED) is 0.842. The van der Waals surface area contributed by atoms with Crippen molar-refractivity contribution in [3.8, 4) is 0 Å². The zero-order valence-electron chi connectivity index (χ0n) is 10.4. The van der Waals surface area contributed by atoms with Crippen molar-refractivity contribution in [2.45, 2.75) is 43.9 Å². The van der Waals surface area contributed by atoms with Crippen LogP contribution >= 0.6 is 11.8 Å². The van der Waals surface area contributed by atoms with Crippen LogP contribution in [-0.4, -0.2) is 27.9 Å². The van der Waals surface area contributed by atoms with Gasteiger partial charge in [0.15, 0.2) is 0 Å². The molecule has 1 amide bonds. The highest BCUT2D eigenvalue weighted by atomic mass is 32.2. The van der Waals surface area contributed by atoms with E-state index in [1.54, 1.807) is 6.92 Å². The van der Waals surface area contributed by atoms with Gasteiger partial charge in [-0.05, 0) is 31.1 Å². The van der Waals surface area contributed by atoms with Gasteiger partial charge in [-0.25, -0.2) is 0 Å². The molecule has 3 rings (SSSR count). The lowest BCUT2D eigenvalue weighted by Crippen LogP contribution is -2.39. The Hall–Kier alpha value is -1.04. The van der Waals surface area contributed by atoms with Crippen molar-refractivity contribution in [2.24, 2.45) is 11.8 Å². The molecule has 0 spiro atoms. The SMILES string of the molecule is Cc1nnc(SCC(=O)N[C@@H]2C[C@@H]3CC[C@@H]2C3)o1. The van der Waals surface area contributed by atoms with Gasteiger partial charge in [0.2, 0.25) is 11.8 Å². The lowest BCUT2D eigenvalue weighted by atomic mass is 9.95. The van der Waals surface area contributed by atoms with E-state index in [1.807, 2.05) is 0 Å². The average Bonchev–Trinajstić information content (AvgIpc) is 3.03. The molecule has 0 saturated heterocycles. The first-order chi connectivity index (χ1) is 8.70. The first-order valence-electron chi connectivity index (χ1n) is 6.43. The summed E-state index contributed by atoms with van der Waals surface area (Å²) in [6, 6.07) is 0.404. The molecule has 2 saturated carbocycles. The van der Waals surface area contributed by atoms with E-state index < -0.39 is 0 Å². The number of carbonyl (C=O) groups excluding carboxylic acids is 1. The van der Waals surface area contributed by atoms with E-state index in [2.05, 4.69) is 15.5 Å². The molecule has 5 nitrogen and oxygen atoms in total. The molecule has 1 N–H and O–H groups in total. The summed E-state index contributed by atoms with van der Waals surface area (Å²) in [5, 5.41) is 11.2. The second-order valence-electron chi connectivity index (χ2n) is 5.22. The van der Waals surface area contributed by atoms with Crippen LogP contribution in [0.2, 0.25) is 0 Å². The lowest BCUT2D eigenvalue weighted by Gasteiger charge is -2.22. The maximum atomic E-state index is 11.8. The number of nitrogens with zero attached hydrogens (tertiary/aromatic N) is 2. The highest BCUT2D eigenvalue weighted by Crippen LogP contribution is 2.44. The minimum absolute atomic E-state index is 0.0772. The van der Waals surface area contributed by atoms with Gasteiger partial charge in [-0.1, -0.05) is 18.2 Å². The van der Waals surface area contributed by atoms with Crippen LogP contribution in [0.15, 0.2) is 9.64 Å². The zero-order chi connectivity index (χ0) is 12.5. The standard InChI is InChI=1S/C12H17N3O2S/c1-7-14-15-12(17-7)18-6-11(16)13-10-5-8-2-3-9(10)4-8/h8-10H,2-6H2,1H3,(H,13,16)/t8-,9-,10-/m1/s1. The van der Waals surface area contributed by atoms with Crippen molar-refractivity contribution in [3.05, 3.63) is 5.89 Å². The summed E-state index contributed by atoms with van der Waals surface area (Å²) in [6.07, 6.45) is 5.11. The summed E-state index contributed by atoms with van der Waals surface area (Å²) in [4.78, 5) is 11.8. The number of nitrogens with one attached hydrogen (secondary N) is 1. The van der Waals surface area contributed by atoms with E-state index in [4.69, 9.17) is 4.42 Å². The third-order valence-electron chi connectivity index (χ3n) is 3.92. The summed E-state index contributed by atoms with van der Waals surface area (Å²) in [5.74, 6) is 2.54. The molecular formula is C12H17N3O2S. The molecule has 1 heterocycles. The highest BCUT2D eigenvalue weighted by Gasteiger charge is 2.39. The smallest absolute Gasteiger partial charge is 0.277 e. The molecule has 0 aliphatic heterocycles. The Kier molecular flexibility index (Phi) is 3.28. The van der Waals surface area contributed by atoms with Gasteiger partial charge in [-0.2, -0.15) is 0 Å². The van der Waals surface area contributed by atoms with Crippen molar-refractivity contribution in [3.63, 3.8) is 0 Å². The van der Waals surface area contributed by atoms with Gasteiger partial charge in [0.25, 0.3) is 5.22 Å². The molecule has 1 aromatic heterocycles. The van der Waals surface area contributed by atoms with Gasteiger partial charge >= 0.3 is 0 Å². The zero-order valence-corrected chi connectivity index (χ0v) is 11.2. The number of amides is 1. The van der Waals surface area contributed by atoms with Crippen LogP contribution in [0.5, 0.6) is 0 Å². The van der Waals surface area contributed by atoms with Crippen molar-refractivity contribution in [1.29, 1.82) is 0 Å². The third-order valence-corrected chi connectivity index (χ3v) is 4.74. The van der Waals surface area contributed by atoms with Gasteiger partial charge in [-0.15, -0.1) is 10.2 Å². The summed E-state index contributed by atoms with van der Waals surface area (Å²) in [7, 11) is 0. The Labute approximate surface area is 110 Å². The molecule has 98 valence electrons. The normalized spacial score (nSPS) is 29.7. The molecule has 18 heavy (non-hydrogen) atoms. The van der Waals surface area contributed by atoms with Crippen LogP contribution in [0.4, 0.5) is 0 Å². The fourth-order valence-corrected chi connectivity index (χ4v) is 3.75. The van der Waals surface area contributed by atoms with E-state index in [-0.39, 0.29) is 5.91 Å². The van der Waals surface area contributed by atoms with Crippen molar-refractivity contribution in [2.75, 3.05) is 5.75 Å². The fourth-order valence-electron chi connectivity index (χ4n) is 3.13. The van der Waals surface area contributed by atoms with Gasteiger partial charge < -0.3 is 9.73 Å². The molecule has 1 aromatic rings. The molecule has 2 fully saturated rings. The fraction of sp³-hybridized carbons (Fsp3) is 0.750.